The molecule has 26 heavy (non-hydrogen) atoms. The van der Waals surface area contributed by atoms with Gasteiger partial charge in [0.2, 0.25) is 0 Å². The Kier molecular flexibility index (Phi) is 4.94. The number of aliphatic hydroxyl groups excluding tert-OH is 1. The second-order valence-electron chi connectivity index (χ2n) is 7.78. The molecular formula is C19H26O7. The third-order valence-electron chi connectivity index (χ3n) is 5.19. The van der Waals surface area contributed by atoms with Crippen molar-refractivity contribution in [2.24, 2.45) is 5.41 Å². The summed E-state index contributed by atoms with van der Waals surface area (Å²) < 4.78 is 10.5. The minimum absolute atomic E-state index is 0.0456. The van der Waals surface area contributed by atoms with Gasteiger partial charge < -0.3 is 19.7 Å². The molecule has 0 saturated carbocycles. The lowest BCUT2D eigenvalue weighted by Crippen LogP contribution is -2.55. The topological polar surface area (TPSA) is 110 Å². The molecular weight excluding hydrogens is 340 g/mol. The molecule has 0 bridgehead atoms. The Hall–Kier alpha value is -1.99. The van der Waals surface area contributed by atoms with Crippen LogP contribution in [0, 0.1) is 5.41 Å². The number of rotatable bonds is 4. The van der Waals surface area contributed by atoms with Crippen molar-refractivity contribution in [3.05, 3.63) is 23.0 Å². The van der Waals surface area contributed by atoms with Gasteiger partial charge in [0.15, 0.2) is 11.6 Å². The number of aliphatic hydroxyl groups is 2. The first-order valence-corrected chi connectivity index (χ1v) is 8.47. The molecule has 144 valence electrons. The predicted octanol–water partition coefficient (Wildman–Crippen LogP) is 1.22. The first kappa shape index (κ1) is 20.3. The third kappa shape index (κ3) is 2.70. The smallest absolute Gasteiger partial charge is 0.350 e. The van der Waals surface area contributed by atoms with E-state index in [-0.39, 0.29) is 18.6 Å². The summed E-state index contributed by atoms with van der Waals surface area (Å²) in [4.78, 5) is 37.9. The van der Waals surface area contributed by atoms with E-state index >= 15 is 0 Å². The minimum atomic E-state index is -2.74. The second kappa shape index (κ2) is 6.32. The number of esters is 1. The zero-order valence-electron chi connectivity index (χ0n) is 16.0. The molecule has 0 amide bonds. The van der Waals surface area contributed by atoms with E-state index in [4.69, 9.17) is 4.74 Å². The van der Waals surface area contributed by atoms with E-state index in [2.05, 4.69) is 4.74 Å². The van der Waals surface area contributed by atoms with Gasteiger partial charge in [-0.05, 0) is 47.5 Å². The van der Waals surface area contributed by atoms with E-state index in [9.17, 15) is 24.6 Å². The molecule has 1 aliphatic carbocycles. The summed E-state index contributed by atoms with van der Waals surface area (Å²) in [6.07, 6.45) is 0.738. The van der Waals surface area contributed by atoms with Gasteiger partial charge in [-0.3, -0.25) is 9.59 Å². The van der Waals surface area contributed by atoms with Gasteiger partial charge in [-0.1, -0.05) is 11.6 Å². The number of hydrogen-bond donors (Lipinski definition) is 2. The van der Waals surface area contributed by atoms with E-state index < -0.39 is 45.8 Å². The van der Waals surface area contributed by atoms with Crippen LogP contribution in [0.1, 0.15) is 47.5 Å². The Morgan fingerprint density at radius 3 is 2.35 bits per heavy atom. The molecule has 7 nitrogen and oxygen atoms in total. The van der Waals surface area contributed by atoms with E-state index in [1.807, 2.05) is 13.8 Å². The van der Waals surface area contributed by atoms with Crippen molar-refractivity contribution in [1.29, 1.82) is 0 Å². The lowest BCUT2D eigenvalue weighted by atomic mass is 9.70. The largest absolute Gasteiger partial charge is 0.488 e. The van der Waals surface area contributed by atoms with Crippen molar-refractivity contribution in [2.45, 2.75) is 64.8 Å². The Bertz CT molecular complexity index is 726. The third-order valence-corrected chi connectivity index (χ3v) is 5.19. The number of allylic oxidation sites excluding steroid dienone is 3. The van der Waals surface area contributed by atoms with Crippen LogP contribution in [0.4, 0.5) is 0 Å². The van der Waals surface area contributed by atoms with Gasteiger partial charge in [0.05, 0.1) is 24.2 Å². The predicted molar refractivity (Wildman–Crippen MR) is 91.9 cm³/mol. The van der Waals surface area contributed by atoms with Crippen molar-refractivity contribution >= 4 is 17.5 Å². The van der Waals surface area contributed by atoms with Gasteiger partial charge >= 0.3 is 5.97 Å². The Morgan fingerprint density at radius 1 is 1.31 bits per heavy atom. The van der Waals surface area contributed by atoms with Crippen LogP contribution in [-0.2, 0) is 23.9 Å². The Balaban J connectivity index is 2.82. The number of carbonyl (C=O) groups excluding carboxylic acids is 3. The lowest BCUT2D eigenvalue weighted by Gasteiger charge is -2.45. The monoisotopic (exact) mass is 366 g/mol. The normalized spacial score (nSPS) is 32.6. The summed E-state index contributed by atoms with van der Waals surface area (Å²) in [6, 6.07) is 0. The summed E-state index contributed by atoms with van der Waals surface area (Å²) in [5.41, 5.74) is -4.84. The number of ether oxygens (including phenoxy) is 2. The van der Waals surface area contributed by atoms with Crippen LogP contribution in [0.5, 0.6) is 0 Å². The second-order valence-corrected chi connectivity index (χ2v) is 7.78. The zero-order chi connectivity index (χ0) is 20.1. The van der Waals surface area contributed by atoms with Crippen LogP contribution < -0.4 is 0 Å². The highest BCUT2D eigenvalue weighted by Gasteiger charge is 2.70. The average Bonchev–Trinajstić information content (AvgIpc) is 2.71. The first-order valence-electron chi connectivity index (χ1n) is 8.47. The molecule has 0 radical (unpaired) electrons. The van der Waals surface area contributed by atoms with Crippen LogP contribution in [0.3, 0.4) is 0 Å². The summed E-state index contributed by atoms with van der Waals surface area (Å²) in [5, 5.41) is 21.5. The molecule has 0 spiro atoms. The van der Waals surface area contributed by atoms with Gasteiger partial charge in [0.25, 0.3) is 5.60 Å². The van der Waals surface area contributed by atoms with Crippen molar-refractivity contribution < 1.29 is 34.1 Å². The lowest BCUT2D eigenvalue weighted by molar-refractivity contribution is -0.171. The summed E-state index contributed by atoms with van der Waals surface area (Å²) >= 11 is 0. The minimum Gasteiger partial charge on any atom is -0.488 e. The average molecular weight is 366 g/mol. The molecule has 1 fully saturated rings. The highest BCUT2D eigenvalue weighted by atomic mass is 16.5. The van der Waals surface area contributed by atoms with Crippen LogP contribution in [0.2, 0.25) is 0 Å². The summed E-state index contributed by atoms with van der Waals surface area (Å²) in [6.45, 7) is 8.06. The maximum atomic E-state index is 13.3. The Labute approximate surface area is 152 Å². The molecule has 7 heteroatoms. The molecule has 1 aliphatic heterocycles. The number of carbonyl (C=O) groups is 3. The number of methoxy groups -OCH3 is 1. The number of hydrogen-bond acceptors (Lipinski definition) is 7. The fourth-order valence-corrected chi connectivity index (χ4v) is 3.61. The van der Waals surface area contributed by atoms with E-state index in [0.717, 1.165) is 19.6 Å². The molecule has 2 N–H and O–H groups in total. The highest BCUT2D eigenvalue weighted by Crippen LogP contribution is 2.56. The highest BCUT2D eigenvalue weighted by molar-refractivity contribution is 6.23. The van der Waals surface area contributed by atoms with E-state index in [1.165, 1.54) is 0 Å². The van der Waals surface area contributed by atoms with Crippen molar-refractivity contribution in [3.8, 4) is 0 Å². The first-order chi connectivity index (χ1) is 11.8. The van der Waals surface area contributed by atoms with Crippen LogP contribution in [-0.4, -0.2) is 52.2 Å². The summed E-state index contributed by atoms with van der Waals surface area (Å²) in [5.74, 6) is -2.84. The van der Waals surface area contributed by atoms with Gasteiger partial charge in [-0.15, -0.1) is 0 Å². The SMILES string of the molecule is COC(=O)[C@]1(O)C(=O)[C@@]2(CC=C(C)C)C[C@H](O)C(C)(C)OC2=C1C(C)=O. The van der Waals surface area contributed by atoms with Crippen LogP contribution >= 0.6 is 0 Å². The van der Waals surface area contributed by atoms with E-state index in [1.54, 1.807) is 19.9 Å². The molecule has 0 unspecified atom stereocenters. The van der Waals surface area contributed by atoms with Crippen molar-refractivity contribution in [1.82, 2.24) is 0 Å². The maximum Gasteiger partial charge on any atom is 0.350 e. The van der Waals surface area contributed by atoms with Gasteiger partial charge in [-0.2, -0.15) is 0 Å². The standard InChI is InChI=1S/C19H26O7/c1-10(2)7-8-18-9-12(21)17(4,5)26-14(18)13(11(3)20)19(24,15(18)22)16(23)25-6/h7,12,21,24H,8-9H2,1-6H3/t12-,18-,19+/m0/s1. The van der Waals surface area contributed by atoms with Gasteiger partial charge in [0.1, 0.15) is 11.4 Å². The molecule has 0 aromatic heterocycles. The maximum absolute atomic E-state index is 13.3. The van der Waals surface area contributed by atoms with Crippen molar-refractivity contribution in [2.75, 3.05) is 7.11 Å². The molecule has 0 aromatic carbocycles. The molecule has 0 aromatic rings. The van der Waals surface area contributed by atoms with Crippen LogP contribution in [0.15, 0.2) is 23.0 Å². The van der Waals surface area contributed by atoms with Crippen LogP contribution in [0.25, 0.3) is 0 Å². The number of Topliss-reactive ketones (excluding diaryl/α,β-unsaturated/α-hetero) is 2. The number of ketones is 2. The quantitative estimate of drug-likeness (QED) is 0.437. The summed E-state index contributed by atoms with van der Waals surface area (Å²) in [7, 11) is 1.03. The zero-order valence-corrected chi connectivity index (χ0v) is 16.0. The molecule has 3 atom stereocenters. The number of fused-ring (bicyclic) bond motifs is 1. The van der Waals surface area contributed by atoms with Gasteiger partial charge in [0, 0.05) is 0 Å². The molecule has 1 saturated heterocycles. The molecule has 1 heterocycles. The van der Waals surface area contributed by atoms with Gasteiger partial charge in [-0.25, -0.2) is 4.79 Å². The fraction of sp³-hybridized carbons (Fsp3) is 0.632. The van der Waals surface area contributed by atoms with Crippen molar-refractivity contribution in [3.63, 3.8) is 0 Å². The van der Waals surface area contributed by atoms with E-state index in [0.29, 0.717) is 0 Å². The molecule has 2 rings (SSSR count). The Morgan fingerprint density at radius 2 is 1.88 bits per heavy atom. The fourth-order valence-electron chi connectivity index (χ4n) is 3.61. The molecule has 2 aliphatic rings.